The summed E-state index contributed by atoms with van der Waals surface area (Å²) in [4.78, 5) is 22.6. The van der Waals surface area contributed by atoms with Crippen molar-refractivity contribution >= 4 is 11.8 Å². The van der Waals surface area contributed by atoms with Crippen LogP contribution in [-0.4, -0.2) is 17.9 Å². The standard InChI is InChI=1S/C12H17N3O2/c1-3-9(2)14-11(16)8-15-6-4-5-10(7-15)12(13)17/h4-7,9H,3,8H2,1-2H3,(H2-,13,14,16,17)/p+1/t9-/m0/s1. The molecule has 5 heteroatoms. The van der Waals surface area contributed by atoms with Gasteiger partial charge in [0.05, 0.1) is 0 Å². The fourth-order valence-corrected chi connectivity index (χ4v) is 1.35. The molecule has 0 unspecified atom stereocenters. The topological polar surface area (TPSA) is 76.1 Å². The van der Waals surface area contributed by atoms with Crippen LogP contribution in [0.1, 0.15) is 30.6 Å². The maximum Gasteiger partial charge on any atom is 0.286 e. The molecule has 0 aromatic carbocycles. The first-order chi connectivity index (χ1) is 8.02. The van der Waals surface area contributed by atoms with E-state index in [2.05, 4.69) is 5.32 Å². The zero-order valence-corrected chi connectivity index (χ0v) is 10.1. The molecule has 1 aromatic heterocycles. The highest BCUT2D eigenvalue weighted by molar-refractivity contribution is 5.92. The Morgan fingerprint density at radius 1 is 1.53 bits per heavy atom. The molecule has 92 valence electrons. The summed E-state index contributed by atoms with van der Waals surface area (Å²) >= 11 is 0. The lowest BCUT2D eigenvalue weighted by Gasteiger charge is -2.09. The van der Waals surface area contributed by atoms with Crippen molar-refractivity contribution in [2.24, 2.45) is 5.73 Å². The highest BCUT2D eigenvalue weighted by Crippen LogP contribution is 1.92. The number of carbonyl (C=O) groups excluding carboxylic acids is 2. The van der Waals surface area contributed by atoms with Gasteiger partial charge in [0.1, 0.15) is 5.56 Å². The van der Waals surface area contributed by atoms with Crippen LogP contribution in [0.5, 0.6) is 0 Å². The quantitative estimate of drug-likeness (QED) is 0.705. The van der Waals surface area contributed by atoms with E-state index in [1.54, 1.807) is 29.1 Å². The molecule has 1 rings (SSSR count). The zero-order valence-electron chi connectivity index (χ0n) is 10.1. The van der Waals surface area contributed by atoms with Crippen molar-refractivity contribution in [3.63, 3.8) is 0 Å². The Bertz CT molecular complexity index is 418. The number of rotatable bonds is 5. The fourth-order valence-electron chi connectivity index (χ4n) is 1.35. The average Bonchev–Trinajstić information content (AvgIpc) is 2.28. The monoisotopic (exact) mass is 236 g/mol. The predicted octanol–water partition coefficient (Wildman–Crippen LogP) is -0.0123. The number of primary amides is 1. The summed E-state index contributed by atoms with van der Waals surface area (Å²) in [5, 5.41) is 2.85. The second kappa shape index (κ2) is 5.98. The van der Waals surface area contributed by atoms with E-state index in [4.69, 9.17) is 5.73 Å². The van der Waals surface area contributed by atoms with Gasteiger partial charge in [-0.15, -0.1) is 0 Å². The summed E-state index contributed by atoms with van der Waals surface area (Å²) in [5.74, 6) is -0.576. The van der Waals surface area contributed by atoms with Gasteiger partial charge < -0.3 is 11.1 Å². The number of carbonyl (C=O) groups is 2. The van der Waals surface area contributed by atoms with Crippen LogP contribution in [0.3, 0.4) is 0 Å². The number of pyridine rings is 1. The summed E-state index contributed by atoms with van der Waals surface area (Å²) in [6.45, 7) is 4.14. The molecule has 1 heterocycles. The van der Waals surface area contributed by atoms with E-state index in [-0.39, 0.29) is 18.5 Å². The normalized spacial score (nSPS) is 11.9. The number of nitrogens with zero attached hydrogens (tertiary/aromatic N) is 1. The van der Waals surface area contributed by atoms with Gasteiger partial charge in [0.2, 0.25) is 6.54 Å². The summed E-state index contributed by atoms with van der Waals surface area (Å²) in [6.07, 6.45) is 4.18. The van der Waals surface area contributed by atoms with E-state index in [9.17, 15) is 9.59 Å². The summed E-state index contributed by atoms with van der Waals surface area (Å²) in [5.41, 5.74) is 5.56. The van der Waals surface area contributed by atoms with E-state index < -0.39 is 5.91 Å². The van der Waals surface area contributed by atoms with E-state index in [0.717, 1.165) is 6.42 Å². The second-order valence-corrected chi connectivity index (χ2v) is 4.01. The molecule has 17 heavy (non-hydrogen) atoms. The second-order valence-electron chi connectivity index (χ2n) is 4.01. The average molecular weight is 236 g/mol. The first-order valence-corrected chi connectivity index (χ1v) is 5.61. The van der Waals surface area contributed by atoms with Crippen LogP contribution in [0, 0.1) is 0 Å². The Hall–Kier alpha value is -1.91. The van der Waals surface area contributed by atoms with E-state index >= 15 is 0 Å². The lowest BCUT2D eigenvalue weighted by atomic mass is 10.2. The smallest absolute Gasteiger partial charge is 0.286 e. The third-order valence-electron chi connectivity index (χ3n) is 2.49. The molecule has 0 aliphatic heterocycles. The molecule has 0 saturated carbocycles. The molecule has 0 saturated heterocycles. The Morgan fingerprint density at radius 3 is 2.82 bits per heavy atom. The van der Waals surface area contributed by atoms with Crippen molar-refractivity contribution in [1.29, 1.82) is 0 Å². The highest BCUT2D eigenvalue weighted by Gasteiger charge is 2.13. The summed E-state index contributed by atoms with van der Waals surface area (Å²) in [6, 6.07) is 3.46. The molecule has 0 bridgehead atoms. The summed E-state index contributed by atoms with van der Waals surface area (Å²) in [7, 11) is 0. The largest absolute Gasteiger partial charge is 0.365 e. The van der Waals surface area contributed by atoms with Crippen molar-refractivity contribution in [1.82, 2.24) is 5.32 Å². The molecule has 0 spiro atoms. The van der Waals surface area contributed by atoms with E-state index in [0.29, 0.717) is 5.56 Å². The molecule has 0 fully saturated rings. The van der Waals surface area contributed by atoms with Crippen molar-refractivity contribution in [3.8, 4) is 0 Å². The first-order valence-electron chi connectivity index (χ1n) is 5.61. The Balaban J connectivity index is 2.65. The van der Waals surface area contributed by atoms with Gasteiger partial charge in [0, 0.05) is 12.1 Å². The van der Waals surface area contributed by atoms with Gasteiger partial charge in [0.25, 0.3) is 11.8 Å². The maximum absolute atomic E-state index is 11.6. The number of aromatic nitrogens is 1. The SMILES string of the molecule is CC[C@H](C)NC(=O)C[n+]1cccc(C(N)=O)c1. The number of amides is 2. The van der Waals surface area contributed by atoms with Crippen LogP contribution in [0.2, 0.25) is 0 Å². The van der Waals surface area contributed by atoms with Gasteiger partial charge in [-0.1, -0.05) is 6.92 Å². The van der Waals surface area contributed by atoms with Crippen molar-refractivity contribution in [2.45, 2.75) is 32.9 Å². The van der Waals surface area contributed by atoms with Gasteiger partial charge in [-0.3, -0.25) is 9.59 Å². The van der Waals surface area contributed by atoms with Crippen molar-refractivity contribution < 1.29 is 14.2 Å². The van der Waals surface area contributed by atoms with Gasteiger partial charge in [-0.2, -0.15) is 4.57 Å². The van der Waals surface area contributed by atoms with Gasteiger partial charge in [-0.05, 0) is 19.4 Å². The van der Waals surface area contributed by atoms with Gasteiger partial charge >= 0.3 is 0 Å². The molecule has 1 atom stereocenters. The third kappa shape index (κ3) is 4.22. The van der Waals surface area contributed by atoms with Crippen LogP contribution in [0.15, 0.2) is 24.5 Å². The van der Waals surface area contributed by atoms with E-state index in [1.165, 1.54) is 0 Å². The summed E-state index contributed by atoms with van der Waals surface area (Å²) < 4.78 is 1.64. The molecule has 3 N–H and O–H groups in total. The molecular weight excluding hydrogens is 218 g/mol. The predicted molar refractivity (Wildman–Crippen MR) is 63.1 cm³/mol. The number of nitrogens with two attached hydrogens (primary N) is 1. The lowest BCUT2D eigenvalue weighted by Crippen LogP contribution is -2.45. The highest BCUT2D eigenvalue weighted by atomic mass is 16.2. The van der Waals surface area contributed by atoms with Crippen molar-refractivity contribution in [2.75, 3.05) is 0 Å². The van der Waals surface area contributed by atoms with Gasteiger partial charge in [0.15, 0.2) is 12.4 Å². The fraction of sp³-hybridized carbons (Fsp3) is 0.417. The third-order valence-corrected chi connectivity index (χ3v) is 2.49. The minimum atomic E-state index is -0.498. The van der Waals surface area contributed by atoms with Crippen LogP contribution in [-0.2, 0) is 11.3 Å². The van der Waals surface area contributed by atoms with E-state index in [1.807, 2.05) is 13.8 Å². The lowest BCUT2D eigenvalue weighted by molar-refractivity contribution is -0.684. The molecular formula is C12H18N3O2+. The number of hydrogen-bond donors (Lipinski definition) is 2. The molecule has 0 aliphatic carbocycles. The van der Waals surface area contributed by atoms with Gasteiger partial charge in [-0.25, -0.2) is 0 Å². The minimum Gasteiger partial charge on any atom is -0.365 e. The molecule has 5 nitrogen and oxygen atoms in total. The Kier molecular flexibility index (Phi) is 4.63. The maximum atomic E-state index is 11.6. The number of hydrogen-bond acceptors (Lipinski definition) is 2. The Morgan fingerprint density at radius 2 is 2.24 bits per heavy atom. The van der Waals surface area contributed by atoms with Crippen LogP contribution < -0.4 is 15.6 Å². The van der Waals surface area contributed by atoms with Crippen LogP contribution in [0.25, 0.3) is 0 Å². The molecule has 0 radical (unpaired) electrons. The molecule has 0 aliphatic rings. The van der Waals surface area contributed by atoms with Crippen LogP contribution >= 0.6 is 0 Å². The minimum absolute atomic E-state index is 0.0778. The van der Waals surface area contributed by atoms with Crippen molar-refractivity contribution in [3.05, 3.63) is 30.1 Å². The molecule has 2 amide bonds. The number of nitrogens with one attached hydrogen (secondary N) is 1. The Labute approximate surface area is 101 Å². The van der Waals surface area contributed by atoms with Crippen LogP contribution in [0.4, 0.5) is 0 Å². The zero-order chi connectivity index (χ0) is 12.8. The molecule has 1 aromatic rings. The first kappa shape index (κ1) is 13.2.